The first kappa shape index (κ1) is 22.3. The number of carbonyl (C=O) groups is 4. The monoisotopic (exact) mass is 430 g/mol. The second kappa shape index (κ2) is 9.20. The number of likely N-dealkylation sites (tertiary alicyclic amines) is 1. The van der Waals surface area contributed by atoms with Gasteiger partial charge in [0.1, 0.15) is 5.76 Å². The largest absolute Gasteiger partial charge is 0.467 e. The summed E-state index contributed by atoms with van der Waals surface area (Å²) in [5.74, 6) is -1.78. The molecule has 2 unspecified atom stereocenters. The second-order valence-corrected chi connectivity index (χ2v) is 7.54. The third-order valence-corrected chi connectivity index (χ3v) is 5.30. The lowest BCUT2D eigenvalue weighted by atomic mass is 10.1. The van der Waals surface area contributed by atoms with Crippen LogP contribution in [0.5, 0.6) is 0 Å². The van der Waals surface area contributed by atoms with Crippen molar-refractivity contribution in [2.75, 3.05) is 13.2 Å². The van der Waals surface area contributed by atoms with Crippen molar-refractivity contribution in [3.63, 3.8) is 0 Å². The van der Waals surface area contributed by atoms with Gasteiger partial charge in [0.15, 0.2) is 6.10 Å². The lowest BCUT2D eigenvalue weighted by Crippen LogP contribution is -2.30. The van der Waals surface area contributed by atoms with E-state index in [9.17, 15) is 19.2 Å². The predicted molar refractivity (Wildman–Crippen MR) is 108 cm³/mol. The van der Waals surface area contributed by atoms with E-state index in [0.29, 0.717) is 22.6 Å². The summed E-state index contributed by atoms with van der Waals surface area (Å²) in [6.45, 7) is 7.18. The first-order chi connectivity index (χ1) is 14.7. The van der Waals surface area contributed by atoms with Gasteiger partial charge in [0.25, 0.3) is 0 Å². The average molecular weight is 430 g/mol. The van der Waals surface area contributed by atoms with E-state index in [2.05, 4.69) is 4.98 Å². The summed E-state index contributed by atoms with van der Waals surface area (Å²) >= 11 is 0. The minimum atomic E-state index is -1.08. The van der Waals surface area contributed by atoms with Crippen molar-refractivity contribution in [1.29, 1.82) is 0 Å². The molecule has 3 heterocycles. The fourth-order valence-corrected chi connectivity index (χ4v) is 3.71. The third-order valence-electron chi connectivity index (χ3n) is 5.30. The molecule has 9 nitrogen and oxygen atoms in total. The SMILES string of the molecule is CCOC(=O)c1c(C)[nH]c(C(=O)C(C)OC(=O)C2CC(=O)N(Cc3ccco3)C2)c1C. The molecule has 0 bridgehead atoms. The van der Waals surface area contributed by atoms with Crippen LogP contribution < -0.4 is 0 Å². The van der Waals surface area contributed by atoms with E-state index >= 15 is 0 Å². The first-order valence-corrected chi connectivity index (χ1v) is 10.1. The Balaban J connectivity index is 1.63. The molecule has 1 saturated heterocycles. The number of nitrogens with zero attached hydrogens (tertiary/aromatic N) is 1. The zero-order valence-electron chi connectivity index (χ0n) is 18.0. The zero-order chi connectivity index (χ0) is 22.7. The summed E-state index contributed by atoms with van der Waals surface area (Å²) in [6.07, 6.45) is 0.467. The maximum atomic E-state index is 12.9. The summed E-state index contributed by atoms with van der Waals surface area (Å²) in [5.41, 5.74) is 1.46. The maximum absolute atomic E-state index is 12.9. The molecule has 1 fully saturated rings. The molecular formula is C22H26N2O7. The highest BCUT2D eigenvalue weighted by Crippen LogP contribution is 2.24. The Morgan fingerprint density at radius 3 is 2.71 bits per heavy atom. The van der Waals surface area contributed by atoms with E-state index in [-0.39, 0.29) is 37.7 Å². The number of carbonyl (C=O) groups excluding carboxylic acids is 4. The smallest absolute Gasteiger partial charge is 0.340 e. The molecule has 1 amide bonds. The summed E-state index contributed by atoms with van der Waals surface area (Å²) in [6, 6.07) is 3.48. The van der Waals surface area contributed by atoms with Crippen molar-refractivity contribution < 1.29 is 33.1 Å². The summed E-state index contributed by atoms with van der Waals surface area (Å²) in [5, 5.41) is 0. The maximum Gasteiger partial charge on any atom is 0.340 e. The highest BCUT2D eigenvalue weighted by Gasteiger charge is 2.37. The van der Waals surface area contributed by atoms with Crippen molar-refractivity contribution in [2.24, 2.45) is 5.92 Å². The molecule has 0 aliphatic carbocycles. The predicted octanol–water partition coefficient (Wildman–Crippen LogP) is 2.56. The number of Topliss-reactive ketones (excluding diaryl/α,β-unsaturated/α-hetero) is 1. The molecule has 0 saturated carbocycles. The molecule has 0 aromatic carbocycles. The van der Waals surface area contributed by atoms with E-state index < -0.39 is 29.7 Å². The van der Waals surface area contributed by atoms with Gasteiger partial charge in [-0.2, -0.15) is 0 Å². The number of esters is 2. The lowest BCUT2D eigenvalue weighted by Gasteiger charge is -2.16. The van der Waals surface area contributed by atoms with Crippen molar-refractivity contribution in [3.05, 3.63) is 46.7 Å². The lowest BCUT2D eigenvalue weighted by molar-refractivity contribution is -0.151. The zero-order valence-corrected chi connectivity index (χ0v) is 18.0. The topological polar surface area (TPSA) is 119 Å². The van der Waals surface area contributed by atoms with E-state index in [1.807, 2.05) is 0 Å². The number of aryl methyl sites for hydroxylation is 1. The highest BCUT2D eigenvalue weighted by molar-refractivity contribution is 6.04. The van der Waals surface area contributed by atoms with Crippen LogP contribution in [-0.4, -0.2) is 52.8 Å². The fraction of sp³-hybridized carbons (Fsp3) is 0.455. The molecule has 2 aromatic rings. The number of ether oxygens (including phenoxy) is 2. The molecule has 2 aromatic heterocycles. The van der Waals surface area contributed by atoms with Gasteiger partial charge in [0.2, 0.25) is 11.7 Å². The van der Waals surface area contributed by atoms with Gasteiger partial charge in [0, 0.05) is 18.7 Å². The third kappa shape index (κ3) is 4.70. The van der Waals surface area contributed by atoms with Crippen LogP contribution in [0.15, 0.2) is 22.8 Å². The molecule has 1 aliphatic rings. The van der Waals surface area contributed by atoms with Gasteiger partial charge in [-0.25, -0.2) is 4.79 Å². The van der Waals surface area contributed by atoms with E-state index in [1.165, 1.54) is 18.1 Å². The average Bonchev–Trinajstić information content (AvgIpc) is 3.42. The molecule has 0 spiro atoms. The molecule has 1 aliphatic heterocycles. The highest BCUT2D eigenvalue weighted by atomic mass is 16.5. The molecule has 166 valence electrons. The van der Waals surface area contributed by atoms with Gasteiger partial charge < -0.3 is 23.8 Å². The Kier molecular flexibility index (Phi) is 6.62. The van der Waals surface area contributed by atoms with Crippen LogP contribution in [0.1, 0.15) is 58.1 Å². The number of nitrogens with one attached hydrogen (secondary N) is 1. The van der Waals surface area contributed by atoms with Crippen LogP contribution in [0.2, 0.25) is 0 Å². The van der Waals surface area contributed by atoms with Crippen molar-refractivity contribution in [1.82, 2.24) is 9.88 Å². The number of hydrogen-bond acceptors (Lipinski definition) is 7. The van der Waals surface area contributed by atoms with E-state index in [4.69, 9.17) is 13.9 Å². The summed E-state index contributed by atoms with van der Waals surface area (Å²) in [7, 11) is 0. The summed E-state index contributed by atoms with van der Waals surface area (Å²) < 4.78 is 15.6. The normalized spacial score (nSPS) is 17.0. The summed E-state index contributed by atoms with van der Waals surface area (Å²) in [4.78, 5) is 54.2. The Morgan fingerprint density at radius 2 is 2.06 bits per heavy atom. The number of aromatic amines is 1. The molecule has 1 N–H and O–H groups in total. The quantitative estimate of drug-likeness (QED) is 0.505. The van der Waals surface area contributed by atoms with Gasteiger partial charge in [-0.1, -0.05) is 0 Å². The van der Waals surface area contributed by atoms with E-state index in [1.54, 1.807) is 32.9 Å². The van der Waals surface area contributed by atoms with E-state index in [0.717, 1.165) is 0 Å². The second-order valence-electron chi connectivity index (χ2n) is 7.54. The number of rotatable bonds is 8. The van der Waals surface area contributed by atoms with Crippen LogP contribution >= 0.6 is 0 Å². The van der Waals surface area contributed by atoms with Crippen LogP contribution in [0.4, 0.5) is 0 Å². The van der Waals surface area contributed by atoms with Crippen LogP contribution in [-0.2, 0) is 25.6 Å². The Morgan fingerprint density at radius 1 is 1.32 bits per heavy atom. The minimum Gasteiger partial charge on any atom is -0.467 e. The number of ketones is 1. The molecule has 31 heavy (non-hydrogen) atoms. The molecule has 9 heteroatoms. The Bertz CT molecular complexity index is 990. The number of aromatic nitrogens is 1. The number of amides is 1. The van der Waals surface area contributed by atoms with Crippen molar-refractivity contribution in [3.8, 4) is 0 Å². The van der Waals surface area contributed by atoms with Crippen LogP contribution in [0.3, 0.4) is 0 Å². The molecular weight excluding hydrogens is 404 g/mol. The molecule has 0 radical (unpaired) electrons. The fourth-order valence-electron chi connectivity index (χ4n) is 3.71. The number of H-pyrrole nitrogens is 1. The van der Waals surface area contributed by atoms with Gasteiger partial charge in [0.05, 0.1) is 36.6 Å². The van der Waals surface area contributed by atoms with Crippen molar-refractivity contribution in [2.45, 2.75) is 46.8 Å². The minimum absolute atomic E-state index is 0.0219. The van der Waals surface area contributed by atoms with Gasteiger partial charge in [-0.15, -0.1) is 0 Å². The van der Waals surface area contributed by atoms with Gasteiger partial charge >= 0.3 is 11.9 Å². The van der Waals surface area contributed by atoms with Crippen molar-refractivity contribution >= 4 is 23.6 Å². The Hall–Kier alpha value is -3.36. The Labute approximate surface area is 179 Å². The van der Waals surface area contributed by atoms with Gasteiger partial charge in [-0.3, -0.25) is 14.4 Å². The van der Waals surface area contributed by atoms with Crippen LogP contribution in [0, 0.1) is 19.8 Å². The standard InChI is InChI=1S/C22H26N2O7/c1-5-29-22(28)18-12(2)19(23-13(18)3)20(26)14(4)31-21(27)15-9-17(25)24(10-15)11-16-7-6-8-30-16/h6-8,14-15,23H,5,9-11H2,1-4H3. The molecule has 3 rings (SSSR count). The van der Waals surface area contributed by atoms with Gasteiger partial charge in [-0.05, 0) is 45.4 Å². The number of hydrogen-bond donors (Lipinski definition) is 1. The molecule has 2 atom stereocenters. The van der Waals surface area contributed by atoms with Crippen LogP contribution in [0.25, 0.3) is 0 Å². The number of furan rings is 1. The first-order valence-electron chi connectivity index (χ1n) is 10.1.